The lowest BCUT2D eigenvalue weighted by atomic mass is 10.1. The number of hydrogen-bond donors (Lipinski definition) is 0. The van der Waals surface area contributed by atoms with E-state index in [0.29, 0.717) is 12.1 Å². The molecule has 1 amide bonds. The smallest absolute Gasteiger partial charge is 0.341 e. The number of ether oxygens (including phenoxy) is 1. The van der Waals surface area contributed by atoms with Crippen molar-refractivity contribution in [3.8, 4) is 0 Å². The number of benzene rings is 2. The summed E-state index contributed by atoms with van der Waals surface area (Å²) >= 11 is 6.13. The Balaban J connectivity index is 1.86. The van der Waals surface area contributed by atoms with Gasteiger partial charge in [0.25, 0.3) is 11.5 Å². The maximum absolute atomic E-state index is 14.6. The van der Waals surface area contributed by atoms with Gasteiger partial charge in [0.15, 0.2) is 5.49 Å². The van der Waals surface area contributed by atoms with E-state index in [1.54, 1.807) is 31.3 Å². The Morgan fingerprint density at radius 1 is 1.05 bits per heavy atom. The summed E-state index contributed by atoms with van der Waals surface area (Å²) in [7, 11) is 0. The molecular formula is C29H22ClFN4O4. The molecule has 0 spiro atoms. The predicted octanol–water partition coefficient (Wildman–Crippen LogP) is 4.60. The highest BCUT2D eigenvalue weighted by atomic mass is 35.5. The molecule has 0 aliphatic heterocycles. The molecule has 0 aliphatic carbocycles. The third-order valence-corrected chi connectivity index (χ3v) is 6.45. The van der Waals surface area contributed by atoms with Crippen LogP contribution < -0.4 is 11.0 Å². The molecule has 3 heterocycles. The number of carbonyl (C=O) groups excluding carboxylic acids is 2. The lowest BCUT2D eigenvalue weighted by Crippen LogP contribution is -2.33. The van der Waals surface area contributed by atoms with Gasteiger partial charge in [0.1, 0.15) is 22.7 Å². The molecule has 0 saturated heterocycles. The maximum atomic E-state index is 14.6. The predicted molar refractivity (Wildman–Crippen MR) is 144 cm³/mol. The molecule has 39 heavy (non-hydrogen) atoms. The second-order valence-corrected chi connectivity index (χ2v) is 8.99. The zero-order valence-electron chi connectivity index (χ0n) is 20.8. The third kappa shape index (κ3) is 5.08. The number of rotatable bonds is 6. The molecule has 0 bridgehead atoms. The van der Waals surface area contributed by atoms with E-state index in [4.69, 9.17) is 16.3 Å². The van der Waals surface area contributed by atoms with Gasteiger partial charge in [-0.15, -0.1) is 0 Å². The number of esters is 1. The van der Waals surface area contributed by atoms with Crippen LogP contribution in [0.5, 0.6) is 0 Å². The van der Waals surface area contributed by atoms with Gasteiger partial charge in [-0.3, -0.25) is 14.0 Å². The van der Waals surface area contributed by atoms with Crippen LogP contribution in [0.3, 0.4) is 0 Å². The Morgan fingerprint density at radius 2 is 1.82 bits per heavy atom. The van der Waals surface area contributed by atoms with E-state index in [-0.39, 0.29) is 40.3 Å². The molecule has 0 saturated carbocycles. The van der Waals surface area contributed by atoms with Crippen LogP contribution in [0, 0.1) is 5.82 Å². The molecule has 5 aromatic rings. The molecule has 0 fully saturated rings. The molecule has 0 aliphatic rings. The van der Waals surface area contributed by atoms with Crippen molar-refractivity contribution in [2.75, 3.05) is 6.61 Å². The van der Waals surface area contributed by atoms with Gasteiger partial charge in [-0.2, -0.15) is 4.99 Å². The number of pyridine rings is 2. The molecule has 0 atom stereocenters. The summed E-state index contributed by atoms with van der Waals surface area (Å²) in [6, 6.07) is 19.8. The Hall–Kier alpha value is -4.63. The first kappa shape index (κ1) is 26.0. The summed E-state index contributed by atoms with van der Waals surface area (Å²) in [5, 5.41) is 0.00515. The van der Waals surface area contributed by atoms with E-state index >= 15 is 0 Å². The minimum Gasteiger partial charge on any atom is -0.462 e. The average Bonchev–Trinajstić information content (AvgIpc) is 2.93. The molecule has 0 N–H and O–H groups in total. The number of halogens is 2. The number of aromatic nitrogens is 3. The highest BCUT2D eigenvalue weighted by Gasteiger charge is 2.22. The van der Waals surface area contributed by atoms with Crippen molar-refractivity contribution in [1.82, 2.24) is 14.0 Å². The van der Waals surface area contributed by atoms with Crippen molar-refractivity contribution < 1.29 is 18.7 Å². The molecule has 196 valence electrons. The van der Waals surface area contributed by atoms with Crippen molar-refractivity contribution in [3.63, 3.8) is 0 Å². The van der Waals surface area contributed by atoms with Gasteiger partial charge in [-0.1, -0.05) is 54.1 Å². The first-order chi connectivity index (χ1) is 18.9. The molecule has 0 radical (unpaired) electrons. The first-order valence-electron chi connectivity index (χ1n) is 12.2. The average molecular weight is 545 g/mol. The zero-order chi connectivity index (χ0) is 27.5. The summed E-state index contributed by atoms with van der Waals surface area (Å²) in [6.07, 6.45) is 2.03. The Kier molecular flexibility index (Phi) is 7.33. The number of aryl methyl sites for hydroxylation is 2. The molecule has 3 aromatic heterocycles. The normalized spacial score (nSPS) is 11.7. The Bertz CT molecular complexity index is 1850. The van der Waals surface area contributed by atoms with E-state index < -0.39 is 28.8 Å². The summed E-state index contributed by atoms with van der Waals surface area (Å²) in [5.41, 5.74) is 0.441. The van der Waals surface area contributed by atoms with E-state index in [1.165, 1.54) is 27.2 Å². The highest BCUT2D eigenvalue weighted by Crippen LogP contribution is 2.20. The number of fused-ring (bicyclic) bond motifs is 2. The molecule has 0 unspecified atom stereocenters. The van der Waals surface area contributed by atoms with Gasteiger partial charge in [-0.05, 0) is 49.2 Å². The Morgan fingerprint density at radius 3 is 2.56 bits per heavy atom. The van der Waals surface area contributed by atoms with Crippen molar-refractivity contribution in [3.05, 3.63) is 122 Å². The van der Waals surface area contributed by atoms with Crippen LogP contribution in [-0.4, -0.2) is 32.4 Å². The van der Waals surface area contributed by atoms with Crippen LogP contribution in [0.1, 0.15) is 33.2 Å². The van der Waals surface area contributed by atoms with E-state index in [2.05, 4.69) is 9.98 Å². The van der Waals surface area contributed by atoms with Gasteiger partial charge in [0.05, 0.1) is 22.6 Å². The second kappa shape index (κ2) is 11.0. The number of amides is 1. The highest BCUT2D eigenvalue weighted by molar-refractivity contribution is 6.33. The summed E-state index contributed by atoms with van der Waals surface area (Å²) in [6.45, 7) is 1.87. The fourth-order valence-corrected chi connectivity index (χ4v) is 4.55. The largest absolute Gasteiger partial charge is 0.462 e. The minimum absolute atomic E-state index is 0.0440. The van der Waals surface area contributed by atoms with Crippen LogP contribution in [-0.2, 0) is 17.7 Å². The summed E-state index contributed by atoms with van der Waals surface area (Å²) < 4.78 is 22.7. The van der Waals surface area contributed by atoms with Crippen LogP contribution in [0.2, 0.25) is 5.02 Å². The summed E-state index contributed by atoms with van der Waals surface area (Å²) in [5.74, 6) is -2.64. The second-order valence-electron chi connectivity index (χ2n) is 8.59. The van der Waals surface area contributed by atoms with E-state index in [1.807, 2.05) is 30.3 Å². The molecule has 8 nitrogen and oxygen atoms in total. The van der Waals surface area contributed by atoms with Gasteiger partial charge < -0.3 is 9.30 Å². The molecule has 5 rings (SSSR count). The number of hydrogen-bond acceptors (Lipinski definition) is 5. The van der Waals surface area contributed by atoms with Gasteiger partial charge in [0.2, 0.25) is 0 Å². The summed E-state index contributed by atoms with van der Waals surface area (Å²) in [4.78, 5) is 48.7. The zero-order valence-corrected chi connectivity index (χ0v) is 21.6. The number of nitrogens with zero attached hydrogens (tertiary/aromatic N) is 4. The van der Waals surface area contributed by atoms with Crippen LogP contribution >= 0.6 is 11.6 Å². The minimum atomic E-state index is -0.992. The van der Waals surface area contributed by atoms with Crippen LogP contribution in [0.15, 0.2) is 88.8 Å². The van der Waals surface area contributed by atoms with Crippen LogP contribution in [0.4, 0.5) is 4.39 Å². The maximum Gasteiger partial charge on any atom is 0.341 e. The standard InChI is InChI=1S/C29H22ClFN4O4/c1-2-39-29(38)20-17-19-25(32-23-13-6-7-15-34(23)28(19)37)35(16-14-18-9-4-3-5-10-18)26(20)33-27(36)24-21(30)11-8-12-22(24)31/h3-13,15,17H,2,14,16H2,1H3. The fourth-order valence-electron chi connectivity index (χ4n) is 4.31. The van der Waals surface area contributed by atoms with Crippen molar-refractivity contribution in [2.24, 2.45) is 4.99 Å². The van der Waals surface area contributed by atoms with E-state index in [9.17, 15) is 18.8 Å². The van der Waals surface area contributed by atoms with E-state index in [0.717, 1.165) is 11.6 Å². The quantitative estimate of drug-likeness (QED) is 0.230. The van der Waals surface area contributed by atoms with Gasteiger partial charge >= 0.3 is 5.97 Å². The lowest BCUT2D eigenvalue weighted by molar-refractivity contribution is 0.0523. The van der Waals surface area contributed by atoms with Gasteiger partial charge in [0, 0.05) is 12.7 Å². The Labute approximate surface area is 226 Å². The van der Waals surface area contributed by atoms with Crippen molar-refractivity contribution in [2.45, 2.75) is 19.9 Å². The fraction of sp³-hybridized carbons (Fsp3) is 0.138. The SMILES string of the molecule is CCOC(=O)c1cc2c(=O)n3ccccc3nc2n(CCc2ccccc2)c1=NC(=O)c1c(F)cccc1Cl. The van der Waals surface area contributed by atoms with Crippen LogP contribution in [0.25, 0.3) is 16.7 Å². The number of carbonyl (C=O) groups is 2. The van der Waals surface area contributed by atoms with Crippen molar-refractivity contribution >= 4 is 40.2 Å². The monoisotopic (exact) mass is 544 g/mol. The topological polar surface area (TPSA) is 95.0 Å². The first-order valence-corrected chi connectivity index (χ1v) is 12.6. The lowest BCUT2D eigenvalue weighted by Gasteiger charge is -2.15. The molecular weight excluding hydrogens is 523 g/mol. The third-order valence-electron chi connectivity index (χ3n) is 6.14. The molecule has 2 aromatic carbocycles. The molecule has 10 heteroatoms. The van der Waals surface area contributed by atoms with Gasteiger partial charge in [-0.25, -0.2) is 14.2 Å². The van der Waals surface area contributed by atoms with Crippen molar-refractivity contribution in [1.29, 1.82) is 0 Å².